The molecule has 0 aromatic heterocycles. The lowest BCUT2D eigenvalue weighted by atomic mass is 9.72. The van der Waals surface area contributed by atoms with Gasteiger partial charge < -0.3 is 0 Å². The smallest absolute Gasteiger partial charge is 0.0242 e. The van der Waals surface area contributed by atoms with E-state index in [1.165, 1.54) is 83.7 Å². The maximum atomic E-state index is 2.88. The summed E-state index contributed by atoms with van der Waals surface area (Å²) >= 11 is 0. The fourth-order valence-electron chi connectivity index (χ4n) is 6.22. The second kappa shape index (κ2) is 8.71. The molecular formula is C21H41N. The van der Waals surface area contributed by atoms with Gasteiger partial charge in [0.15, 0.2) is 0 Å². The third-order valence-corrected chi connectivity index (χ3v) is 6.99. The summed E-state index contributed by atoms with van der Waals surface area (Å²) in [5, 5.41) is 0. The Balaban J connectivity index is 2.24. The molecule has 0 amide bonds. The van der Waals surface area contributed by atoms with Gasteiger partial charge in [-0.3, -0.25) is 4.90 Å². The van der Waals surface area contributed by atoms with Gasteiger partial charge >= 0.3 is 0 Å². The van der Waals surface area contributed by atoms with Gasteiger partial charge in [-0.1, -0.05) is 72.6 Å². The first kappa shape index (κ1) is 18.3. The zero-order chi connectivity index (χ0) is 16.0. The third-order valence-electron chi connectivity index (χ3n) is 6.99. The Kier molecular flexibility index (Phi) is 7.25. The number of nitrogens with zero attached hydrogens (tertiary/aromatic N) is 1. The van der Waals surface area contributed by atoms with Crippen LogP contribution >= 0.6 is 0 Å². The first-order valence-corrected chi connectivity index (χ1v) is 10.5. The van der Waals surface area contributed by atoms with E-state index in [0.717, 1.165) is 17.8 Å². The van der Waals surface area contributed by atoms with Crippen molar-refractivity contribution in [1.29, 1.82) is 0 Å². The predicted octanol–water partition coefficient (Wildman–Crippen LogP) is 6.27. The Morgan fingerprint density at radius 3 is 2.27 bits per heavy atom. The average Bonchev–Trinajstić information content (AvgIpc) is 2.84. The molecule has 22 heavy (non-hydrogen) atoms. The van der Waals surface area contributed by atoms with Gasteiger partial charge in [-0.25, -0.2) is 0 Å². The molecular weight excluding hydrogens is 266 g/mol. The van der Waals surface area contributed by atoms with Gasteiger partial charge in [0.1, 0.15) is 0 Å². The van der Waals surface area contributed by atoms with Crippen molar-refractivity contribution in [2.24, 2.45) is 17.8 Å². The van der Waals surface area contributed by atoms with Crippen LogP contribution in [0.5, 0.6) is 0 Å². The zero-order valence-corrected chi connectivity index (χ0v) is 15.9. The van der Waals surface area contributed by atoms with E-state index in [-0.39, 0.29) is 0 Å². The molecule has 0 radical (unpaired) electrons. The van der Waals surface area contributed by atoms with Crippen molar-refractivity contribution in [3.05, 3.63) is 0 Å². The molecule has 0 unspecified atom stereocenters. The molecule has 0 aromatic carbocycles. The lowest BCUT2D eigenvalue weighted by molar-refractivity contribution is 0.0328. The molecule has 2 rings (SSSR count). The standard InChI is InChI=1S/C21H41N/c1-5-9-10-15-20-19-14-12-11-13-18(19)17-21(20,16-6-2)22(7-3)8-4/h18-20H,5-17H2,1-4H3/t18-,19-,20+,21+/m1/s1. The summed E-state index contributed by atoms with van der Waals surface area (Å²) in [4.78, 5) is 2.88. The van der Waals surface area contributed by atoms with Gasteiger partial charge in [0.25, 0.3) is 0 Å². The highest BCUT2D eigenvalue weighted by Gasteiger charge is 2.54. The lowest BCUT2D eigenvalue weighted by Gasteiger charge is -2.46. The SMILES string of the molecule is CCCCC[C@H]1[C@@H]2CCCC[C@@H]2C[C@]1(CCC)N(CC)CC. The molecule has 0 saturated heterocycles. The van der Waals surface area contributed by atoms with Crippen LogP contribution in [0.2, 0.25) is 0 Å². The monoisotopic (exact) mass is 307 g/mol. The normalized spacial score (nSPS) is 35.0. The fraction of sp³-hybridized carbons (Fsp3) is 1.00. The molecule has 0 aromatic rings. The summed E-state index contributed by atoms with van der Waals surface area (Å²) in [6, 6.07) is 0. The van der Waals surface area contributed by atoms with Gasteiger partial charge in [-0.05, 0) is 56.5 Å². The van der Waals surface area contributed by atoms with Gasteiger partial charge in [0.2, 0.25) is 0 Å². The molecule has 0 aliphatic heterocycles. The summed E-state index contributed by atoms with van der Waals surface area (Å²) in [5.41, 5.74) is 0.547. The fourth-order valence-corrected chi connectivity index (χ4v) is 6.22. The van der Waals surface area contributed by atoms with Crippen LogP contribution in [0.1, 0.15) is 98.3 Å². The largest absolute Gasteiger partial charge is 0.298 e. The second-order valence-corrected chi connectivity index (χ2v) is 8.04. The minimum atomic E-state index is 0.547. The van der Waals surface area contributed by atoms with Gasteiger partial charge in [0.05, 0.1) is 0 Å². The maximum absolute atomic E-state index is 2.88. The van der Waals surface area contributed by atoms with E-state index in [2.05, 4.69) is 32.6 Å². The van der Waals surface area contributed by atoms with Crippen LogP contribution in [0.25, 0.3) is 0 Å². The van der Waals surface area contributed by atoms with Crippen molar-refractivity contribution in [1.82, 2.24) is 4.90 Å². The molecule has 2 aliphatic rings. The maximum Gasteiger partial charge on any atom is 0.0242 e. The van der Waals surface area contributed by atoms with Gasteiger partial charge in [0, 0.05) is 5.54 Å². The van der Waals surface area contributed by atoms with Crippen LogP contribution in [0, 0.1) is 17.8 Å². The van der Waals surface area contributed by atoms with Crippen LogP contribution in [0.15, 0.2) is 0 Å². The van der Waals surface area contributed by atoms with E-state index >= 15 is 0 Å². The van der Waals surface area contributed by atoms with Gasteiger partial charge in [-0.15, -0.1) is 0 Å². The minimum absolute atomic E-state index is 0.547. The molecule has 0 heterocycles. The zero-order valence-electron chi connectivity index (χ0n) is 15.9. The summed E-state index contributed by atoms with van der Waals surface area (Å²) in [5.74, 6) is 3.09. The molecule has 2 saturated carbocycles. The topological polar surface area (TPSA) is 3.24 Å². The van der Waals surface area contributed by atoms with Crippen molar-refractivity contribution in [3.8, 4) is 0 Å². The number of rotatable bonds is 9. The molecule has 0 spiro atoms. The number of hydrogen-bond acceptors (Lipinski definition) is 1. The van der Waals surface area contributed by atoms with Crippen LogP contribution in [-0.4, -0.2) is 23.5 Å². The van der Waals surface area contributed by atoms with Crippen molar-refractivity contribution in [2.45, 2.75) is 104 Å². The molecule has 4 atom stereocenters. The Labute approximate surface area is 140 Å². The van der Waals surface area contributed by atoms with E-state index in [1.807, 2.05) is 0 Å². The van der Waals surface area contributed by atoms with Crippen LogP contribution < -0.4 is 0 Å². The Morgan fingerprint density at radius 2 is 1.64 bits per heavy atom. The van der Waals surface area contributed by atoms with E-state index in [9.17, 15) is 0 Å². The van der Waals surface area contributed by atoms with Crippen LogP contribution in [0.4, 0.5) is 0 Å². The highest BCUT2D eigenvalue weighted by atomic mass is 15.2. The first-order valence-electron chi connectivity index (χ1n) is 10.5. The summed E-state index contributed by atoms with van der Waals surface area (Å²) in [6.45, 7) is 12.1. The molecule has 1 heteroatoms. The van der Waals surface area contributed by atoms with Crippen molar-refractivity contribution in [2.75, 3.05) is 13.1 Å². The third kappa shape index (κ3) is 3.55. The van der Waals surface area contributed by atoms with E-state index < -0.39 is 0 Å². The lowest BCUT2D eigenvalue weighted by Crippen LogP contribution is -2.52. The molecule has 2 fully saturated rings. The van der Waals surface area contributed by atoms with Crippen molar-refractivity contribution in [3.63, 3.8) is 0 Å². The molecule has 130 valence electrons. The highest BCUT2D eigenvalue weighted by molar-refractivity contribution is 5.07. The number of unbranched alkanes of at least 4 members (excludes halogenated alkanes) is 2. The summed E-state index contributed by atoms with van der Waals surface area (Å²) in [7, 11) is 0. The quantitative estimate of drug-likeness (QED) is 0.453. The van der Waals surface area contributed by atoms with E-state index in [0.29, 0.717) is 5.54 Å². The van der Waals surface area contributed by atoms with E-state index in [4.69, 9.17) is 0 Å². The Morgan fingerprint density at radius 1 is 0.909 bits per heavy atom. The summed E-state index contributed by atoms with van der Waals surface area (Å²) in [6.07, 6.45) is 16.2. The highest BCUT2D eigenvalue weighted by Crippen LogP contribution is 2.56. The van der Waals surface area contributed by atoms with Gasteiger partial charge in [-0.2, -0.15) is 0 Å². The molecule has 0 N–H and O–H groups in total. The molecule has 2 aliphatic carbocycles. The Bertz CT molecular complexity index is 309. The van der Waals surface area contributed by atoms with Crippen LogP contribution in [0.3, 0.4) is 0 Å². The summed E-state index contributed by atoms with van der Waals surface area (Å²) < 4.78 is 0. The average molecular weight is 308 g/mol. The number of fused-ring (bicyclic) bond motifs is 1. The Hall–Kier alpha value is -0.0400. The van der Waals surface area contributed by atoms with E-state index in [1.54, 1.807) is 0 Å². The first-order chi connectivity index (χ1) is 10.7. The minimum Gasteiger partial charge on any atom is -0.298 e. The molecule has 1 nitrogen and oxygen atoms in total. The van der Waals surface area contributed by atoms with Crippen molar-refractivity contribution >= 4 is 0 Å². The van der Waals surface area contributed by atoms with Crippen LogP contribution in [-0.2, 0) is 0 Å². The predicted molar refractivity (Wildman–Crippen MR) is 98.3 cm³/mol. The number of hydrogen-bond donors (Lipinski definition) is 0. The molecule has 0 bridgehead atoms. The van der Waals surface area contributed by atoms with Crippen molar-refractivity contribution < 1.29 is 0 Å². The second-order valence-electron chi connectivity index (χ2n) is 8.04.